The van der Waals surface area contributed by atoms with Crippen molar-refractivity contribution in [3.8, 4) is 5.75 Å². The molecule has 2 aliphatic rings. The predicted molar refractivity (Wildman–Crippen MR) is 88.8 cm³/mol. The van der Waals surface area contributed by atoms with Crippen LogP contribution in [0.15, 0.2) is 18.2 Å². The molecule has 2 aliphatic heterocycles. The molecule has 0 unspecified atom stereocenters. The Hall–Kier alpha value is -1.37. The van der Waals surface area contributed by atoms with Gasteiger partial charge in [0.15, 0.2) is 0 Å². The second kappa shape index (κ2) is 7.95. The summed E-state index contributed by atoms with van der Waals surface area (Å²) in [6.07, 6.45) is 0. The third-order valence-electron chi connectivity index (χ3n) is 4.48. The van der Waals surface area contributed by atoms with Crippen molar-refractivity contribution in [3.63, 3.8) is 0 Å². The molecule has 6 heteroatoms. The van der Waals surface area contributed by atoms with Crippen LogP contribution in [0.3, 0.4) is 0 Å². The number of morpholine rings is 1. The van der Waals surface area contributed by atoms with E-state index in [0.29, 0.717) is 11.8 Å². The first kappa shape index (κ1) is 16.5. The van der Waals surface area contributed by atoms with Crippen LogP contribution in [0.4, 0.5) is 10.1 Å². The van der Waals surface area contributed by atoms with E-state index >= 15 is 0 Å². The van der Waals surface area contributed by atoms with Gasteiger partial charge in [-0.3, -0.25) is 4.90 Å². The SMILES string of the molecule is C[C@H]1CN(Cc2ccc(N3CCOCC3)cc2OCF)CCN1. The maximum absolute atomic E-state index is 12.8. The molecule has 2 heterocycles. The van der Waals surface area contributed by atoms with Crippen molar-refractivity contribution in [3.05, 3.63) is 23.8 Å². The Bertz CT molecular complexity index is 509. The highest BCUT2D eigenvalue weighted by molar-refractivity contribution is 5.54. The number of hydrogen-bond donors (Lipinski definition) is 1. The minimum Gasteiger partial charge on any atom is -0.463 e. The van der Waals surface area contributed by atoms with E-state index in [2.05, 4.69) is 34.2 Å². The highest BCUT2D eigenvalue weighted by Gasteiger charge is 2.19. The van der Waals surface area contributed by atoms with Gasteiger partial charge in [0.25, 0.3) is 0 Å². The molecule has 0 radical (unpaired) electrons. The van der Waals surface area contributed by atoms with E-state index in [0.717, 1.165) is 63.7 Å². The number of alkyl halides is 1. The van der Waals surface area contributed by atoms with E-state index in [-0.39, 0.29) is 0 Å². The van der Waals surface area contributed by atoms with Crippen LogP contribution < -0.4 is 15.0 Å². The maximum Gasteiger partial charge on any atom is 0.228 e. The van der Waals surface area contributed by atoms with Crippen molar-refractivity contribution in [1.82, 2.24) is 10.2 Å². The average Bonchev–Trinajstić information content (AvgIpc) is 2.57. The monoisotopic (exact) mass is 323 g/mol. The van der Waals surface area contributed by atoms with Crippen molar-refractivity contribution in [1.29, 1.82) is 0 Å². The lowest BCUT2D eigenvalue weighted by atomic mass is 10.1. The molecule has 0 amide bonds. The predicted octanol–water partition coefficient (Wildman–Crippen LogP) is 1.62. The van der Waals surface area contributed by atoms with Gasteiger partial charge in [0.1, 0.15) is 5.75 Å². The van der Waals surface area contributed by atoms with Gasteiger partial charge >= 0.3 is 0 Å². The number of nitrogens with one attached hydrogen (secondary N) is 1. The number of piperazine rings is 1. The van der Waals surface area contributed by atoms with Crippen LogP contribution in [0.5, 0.6) is 5.75 Å². The fourth-order valence-electron chi connectivity index (χ4n) is 3.28. The summed E-state index contributed by atoms with van der Waals surface area (Å²) in [7, 11) is 0. The van der Waals surface area contributed by atoms with Crippen LogP contribution in [-0.2, 0) is 11.3 Å². The molecule has 128 valence electrons. The Kier molecular flexibility index (Phi) is 5.70. The summed E-state index contributed by atoms with van der Waals surface area (Å²) in [6, 6.07) is 6.63. The molecular weight excluding hydrogens is 297 g/mol. The number of benzene rings is 1. The van der Waals surface area contributed by atoms with Gasteiger partial charge in [-0.2, -0.15) is 0 Å². The third kappa shape index (κ3) is 4.34. The summed E-state index contributed by atoms with van der Waals surface area (Å²) in [5.41, 5.74) is 2.13. The summed E-state index contributed by atoms with van der Waals surface area (Å²) in [6.45, 7) is 8.39. The summed E-state index contributed by atoms with van der Waals surface area (Å²) >= 11 is 0. The molecule has 23 heavy (non-hydrogen) atoms. The molecule has 5 nitrogen and oxygen atoms in total. The number of nitrogens with zero attached hydrogens (tertiary/aromatic N) is 2. The highest BCUT2D eigenvalue weighted by atomic mass is 19.1. The zero-order valence-corrected chi connectivity index (χ0v) is 13.8. The zero-order valence-electron chi connectivity index (χ0n) is 13.8. The van der Waals surface area contributed by atoms with Crippen molar-refractivity contribution < 1.29 is 13.9 Å². The van der Waals surface area contributed by atoms with Gasteiger partial charge in [-0.25, -0.2) is 4.39 Å². The first-order chi connectivity index (χ1) is 11.3. The lowest BCUT2D eigenvalue weighted by Gasteiger charge is -2.33. The van der Waals surface area contributed by atoms with Crippen molar-refractivity contribution in [2.45, 2.75) is 19.5 Å². The molecule has 0 aromatic heterocycles. The van der Waals surface area contributed by atoms with E-state index < -0.39 is 6.86 Å². The Labute approximate surface area is 137 Å². The largest absolute Gasteiger partial charge is 0.463 e. The summed E-state index contributed by atoms with van der Waals surface area (Å²) in [5, 5.41) is 3.44. The molecule has 0 spiro atoms. The average molecular weight is 323 g/mol. The fourth-order valence-corrected chi connectivity index (χ4v) is 3.28. The van der Waals surface area contributed by atoms with Gasteiger partial charge in [0, 0.05) is 62.6 Å². The smallest absolute Gasteiger partial charge is 0.228 e. The number of hydrogen-bond acceptors (Lipinski definition) is 5. The molecule has 1 atom stereocenters. The van der Waals surface area contributed by atoms with Crippen LogP contribution in [-0.4, -0.2) is 63.7 Å². The lowest BCUT2D eigenvalue weighted by molar-refractivity contribution is 0.122. The normalized spacial score (nSPS) is 23.0. The van der Waals surface area contributed by atoms with Crippen LogP contribution >= 0.6 is 0 Å². The number of rotatable bonds is 5. The molecule has 0 bridgehead atoms. The first-order valence-corrected chi connectivity index (χ1v) is 8.36. The van der Waals surface area contributed by atoms with Gasteiger partial charge < -0.3 is 19.7 Å². The Morgan fingerprint density at radius 1 is 1.30 bits per heavy atom. The summed E-state index contributed by atoms with van der Waals surface area (Å²) in [5.74, 6) is 0.655. The fraction of sp³-hybridized carbons (Fsp3) is 0.647. The molecule has 1 N–H and O–H groups in total. The molecule has 2 saturated heterocycles. The van der Waals surface area contributed by atoms with Crippen molar-refractivity contribution in [2.24, 2.45) is 0 Å². The summed E-state index contributed by atoms with van der Waals surface area (Å²) in [4.78, 5) is 4.64. The molecule has 1 aromatic rings. The Morgan fingerprint density at radius 3 is 2.87 bits per heavy atom. The molecule has 3 rings (SSSR count). The van der Waals surface area contributed by atoms with E-state index in [9.17, 15) is 4.39 Å². The lowest BCUT2D eigenvalue weighted by Crippen LogP contribution is -2.48. The molecule has 1 aromatic carbocycles. The molecule has 2 fully saturated rings. The second-order valence-corrected chi connectivity index (χ2v) is 6.24. The molecule has 0 saturated carbocycles. The third-order valence-corrected chi connectivity index (χ3v) is 4.48. The standard InChI is InChI=1S/C17H26FN3O2/c1-14-11-20(5-4-19-14)12-15-2-3-16(10-17(15)23-13-18)21-6-8-22-9-7-21/h2-3,10,14,19H,4-9,11-13H2,1H3/t14-/m0/s1. The van der Waals surface area contributed by atoms with Crippen LogP contribution in [0.25, 0.3) is 0 Å². The van der Waals surface area contributed by atoms with Crippen LogP contribution in [0.1, 0.15) is 12.5 Å². The van der Waals surface area contributed by atoms with E-state index in [1.165, 1.54) is 0 Å². The minimum absolute atomic E-state index is 0.488. The molecular formula is C17H26FN3O2. The Morgan fingerprint density at radius 2 is 2.13 bits per heavy atom. The quantitative estimate of drug-likeness (QED) is 0.891. The number of halogens is 1. The van der Waals surface area contributed by atoms with Crippen LogP contribution in [0.2, 0.25) is 0 Å². The van der Waals surface area contributed by atoms with Gasteiger partial charge in [0.2, 0.25) is 6.86 Å². The maximum atomic E-state index is 12.8. The molecule has 0 aliphatic carbocycles. The van der Waals surface area contributed by atoms with E-state index in [1.54, 1.807) is 0 Å². The minimum atomic E-state index is -0.794. The van der Waals surface area contributed by atoms with Crippen LogP contribution in [0, 0.1) is 0 Å². The van der Waals surface area contributed by atoms with Gasteiger partial charge in [-0.1, -0.05) is 6.07 Å². The number of anilines is 1. The van der Waals surface area contributed by atoms with Crippen molar-refractivity contribution >= 4 is 5.69 Å². The topological polar surface area (TPSA) is 37.0 Å². The highest BCUT2D eigenvalue weighted by Crippen LogP contribution is 2.28. The van der Waals surface area contributed by atoms with Gasteiger partial charge in [-0.15, -0.1) is 0 Å². The van der Waals surface area contributed by atoms with E-state index in [1.807, 2.05) is 6.07 Å². The number of ether oxygens (including phenoxy) is 2. The first-order valence-electron chi connectivity index (χ1n) is 8.36. The van der Waals surface area contributed by atoms with Crippen molar-refractivity contribution in [2.75, 3.05) is 57.7 Å². The Balaban J connectivity index is 1.73. The summed E-state index contributed by atoms with van der Waals surface area (Å²) < 4.78 is 23.5. The second-order valence-electron chi connectivity index (χ2n) is 6.24. The van der Waals surface area contributed by atoms with Gasteiger partial charge in [-0.05, 0) is 13.0 Å². The zero-order chi connectivity index (χ0) is 16.1. The van der Waals surface area contributed by atoms with Gasteiger partial charge in [0.05, 0.1) is 13.2 Å². The van der Waals surface area contributed by atoms with E-state index in [4.69, 9.17) is 9.47 Å².